The van der Waals surface area contributed by atoms with E-state index in [1.54, 1.807) is 11.5 Å². The van der Waals surface area contributed by atoms with Gasteiger partial charge in [0.05, 0.1) is 6.61 Å². The van der Waals surface area contributed by atoms with Crippen LogP contribution in [0.2, 0.25) is 0 Å². The summed E-state index contributed by atoms with van der Waals surface area (Å²) in [5.41, 5.74) is 1.20. The number of carboxylic acid groups (broad SMARTS) is 1. The summed E-state index contributed by atoms with van der Waals surface area (Å²) in [5, 5.41) is 9.06. The van der Waals surface area contributed by atoms with Gasteiger partial charge in [0.2, 0.25) is 0 Å². The van der Waals surface area contributed by atoms with E-state index in [1.165, 1.54) is 12.3 Å². The largest absolute Gasteiger partial charge is 0.493 e. The average Bonchev–Trinajstić information content (AvgIpc) is 2.85. The Labute approximate surface area is 121 Å². The molecule has 0 radical (unpaired) electrons. The lowest BCUT2D eigenvalue weighted by molar-refractivity contribution is 0.0694. The second-order valence-corrected chi connectivity index (χ2v) is 5.20. The van der Waals surface area contributed by atoms with Crippen LogP contribution in [-0.4, -0.2) is 22.2 Å². The summed E-state index contributed by atoms with van der Waals surface area (Å²) in [6.07, 6.45) is 1.42. The molecule has 1 aliphatic heterocycles. The topological polar surface area (TPSA) is 68.5 Å². The minimum Gasteiger partial charge on any atom is -0.493 e. The van der Waals surface area contributed by atoms with Crippen molar-refractivity contribution in [2.45, 2.75) is 19.4 Å². The van der Waals surface area contributed by atoms with Crippen molar-refractivity contribution in [2.75, 3.05) is 6.61 Å². The molecule has 5 nitrogen and oxygen atoms in total. The van der Waals surface area contributed by atoms with Gasteiger partial charge < -0.3 is 14.4 Å². The first-order valence-corrected chi connectivity index (χ1v) is 6.72. The van der Waals surface area contributed by atoms with Crippen molar-refractivity contribution in [1.82, 2.24) is 4.57 Å². The first-order valence-electron chi connectivity index (χ1n) is 6.72. The third-order valence-corrected chi connectivity index (χ3v) is 3.79. The standard InChI is InChI=1S/C16H15NO4/c1-10-6-14(18)13(16(19)20)8-17(10)7-11-9-21-15-5-3-2-4-12(11)15/h2-6,8,11H,7,9H2,1H3,(H,19,20). The summed E-state index contributed by atoms with van der Waals surface area (Å²) in [6.45, 7) is 2.95. The molecule has 21 heavy (non-hydrogen) atoms. The second kappa shape index (κ2) is 5.09. The number of fused-ring (bicyclic) bond motifs is 1. The molecule has 1 unspecified atom stereocenters. The van der Waals surface area contributed by atoms with E-state index in [2.05, 4.69) is 0 Å². The minimum absolute atomic E-state index is 0.157. The molecule has 0 amide bonds. The van der Waals surface area contributed by atoms with Gasteiger partial charge in [0.1, 0.15) is 11.3 Å². The molecule has 1 aromatic carbocycles. The Morgan fingerprint density at radius 3 is 2.95 bits per heavy atom. The quantitative estimate of drug-likeness (QED) is 0.937. The molecule has 108 valence electrons. The molecule has 1 aromatic heterocycles. The number of carbonyl (C=O) groups is 1. The van der Waals surface area contributed by atoms with Gasteiger partial charge in [-0.3, -0.25) is 4.79 Å². The lowest BCUT2D eigenvalue weighted by Gasteiger charge is -2.15. The number of hydrogen-bond acceptors (Lipinski definition) is 3. The molecule has 1 N–H and O–H groups in total. The summed E-state index contributed by atoms with van der Waals surface area (Å²) in [6, 6.07) is 9.19. The van der Waals surface area contributed by atoms with Crippen molar-refractivity contribution in [1.29, 1.82) is 0 Å². The van der Waals surface area contributed by atoms with Gasteiger partial charge in [0, 0.05) is 36.0 Å². The summed E-state index contributed by atoms with van der Waals surface area (Å²) in [7, 11) is 0. The van der Waals surface area contributed by atoms with Crippen molar-refractivity contribution in [3.05, 3.63) is 63.6 Å². The van der Waals surface area contributed by atoms with Gasteiger partial charge in [-0.15, -0.1) is 0 Å². The highest BCUT2D eigenvalue weighted by molar-refractivity contribution is 5.87. The number of para-hydroxylation sites is 1. The molecule has 0 spiro atoms. The molecule has 0 aliphatic carbocycles. The van der Waals surface area contributed by atoms with E-state index in [0.717, 1.165) is 17.0 Å². The average molecular weight is 285 g/mol. The van der Waals surface area contributed by atoms with Crippen LogP contribution in [-0.2, 0) is 6.54 Å². The van der Waals surface area contributed by atoms with Crippen LogP contribution in [0.3, 0.4) is 0 Å². The highest BCUT2D eigenvalue weighted by Crippen LogP contribution is 2.34. The van der Waals surface area contributed by atoms with Crippen LogP contribution in [0, 0.1) is 6.92 Å². The van der Waals surface area contributed by atoms with Crippen molar-refractivity contribution < 1.29 is 14.6 Å². The predicted molar refractivity (Wildman–Crippen MR) is 77.1 cm³/mol. The van der Waals surface area contributed by atoms with Gasteiger partial charge in [-0.1, -0.05) is 18.2 Å². The van der Waals surface area contributed by atoms with Crippen LogP contribution in [0.4, 0.5) is 0 Å². The second-order valence-electron chi connectivity index (χ2n) is 5.20. The van der Waals surface area contributed by atoms with E-state index in [4.69, 9.17) is 9.84 Å². The first kappa shape index (κ1) is 13.4. The lowest BCUT2D eigenvalue weighted by atomic mass is 10.0. The van der Waals surface area contributed by atoms with Crippen LogP contribution in [0.15, 0.2) is 41.3 Å². The molecular weight excluding hydrogens is 270 g/mol. The zero-order chi connectivity index (χ0) is 15.0. The van der Waals surface area contributed by atoms with E-state index >= 15 is 0 Å². The van der Waals surface area contributed by atoms with Gasteiger partial charge in [-0.25, -0.2) is 4.79 Å². The van der Waals surface area contributed by atoms with Gasteiger partial charge in [-0.05, 0) is 13.0 Å². The third kappa shape index (κ3) is 2.42. The number of benzene rings is 1. The molecule has 5 heteroatoms. The van der Waals surface area contributed by atoms with Crippen LogP contribution in [0.1, 0.15) is 27.5 Å². The summed E-state index contributed by atoms with van der Waals surface area (Å²) in [4.78, 5) is 22.7. The van der Waals surface area contributed by atoms with Crippen molar-refractivity contribution in [3.63, 3.8) is 0 Å². The Morgan fingerprint density at radius 1 is 1.43 bits per heavy atom. The molecule has 2 heterocycles. The number of hydrogen-bond donors (Lipinski definition) is 1. The predicted octanol–water partition coefficient (Wildman–Crippen LogP) is 2.03. The molecule has 0 fully saturated rings. The highest BCUT2D eigenvalue weighted by atomic mass is 16.5. The minimum atomic E-state index is -1.20. The van der Waals surface area contributed by atoms with Crippen molar-refractivity contribution >= 4 is 5.97 Å². The number of nitrogens with zero attached hydrogens (tertiary/aromatic N) is 1. The fourth-order valence-electron chi connectivity index (χ4n) is 2.65. The van der Waals surface area contributed by atoms with Gasteiger partial charge in [0.15, 0.2) is 5.43 Å². The van der Waals surface area contributed by atoms with E-state index in [0.29, 0.717) is 13.2 Å². The number of pyridine rings is 1. The number of ether oxygens (including phenoxy) is 1. The molecule has 0 bridgehead atoms. The summed E-state index contributed by atoms with van der Waals surface area (Å²) < 4.78 is 7.44. The van der Waals surface area contributed by atoms with E-state index in [-0.39, 0.29) is 11.5 Å². The number of aromatic carboxylic acids is 1. The Balaban J connectivity index is 1.95. The Hall–Kier alpha value is -2.56. The lowest BCUT2D eigenvalue weighted by Crippen LogP contribution is -2.21. The normalized spacial score (nSPS) is 16.3. The summed E-state index contributed by atoms with van der Waals surface area (Å²) in [5.74, 6) is -0.166. The molecule has 0 saturated carbocycles. The van der Waals surface area contributed by atoms with Crippen LogP contribution < -0.4 is 10.2 Å². The van der Waals surface area contributed by atoms with Crippen LogP contribution in [0.5, 0.6) is 5.75 Å². The van der Waals surface area contributed by atoms with Crippen LogP contribution >= 0.6 is 0 Å². The zero-order valence-electron chi connectivity index (χ0n) is 11.6. The van der Waals surface area contributed by atoms with E-state index in [1.807, 2.05) is 24.3 Å². The maximum Gasteiger partial charge on any atom is 0.341 e. The monoisotopic (exact) mass is 285 g/mol. The Morgan fingerprint density at radius 2 is 2.19 bits per heavy atom. The molecule has 3 rings (SSSR count). The number of aromatic nitrogens is 1. The smallest absolute Gasteiger partial charge is 0.341 e. The maximum atomic E-state index is 11.7. The molecule has 2 aromatic rings. The molecule has 1 atom stereocenters. The first-order chi connectivity index (χ1) is 10.1. The third-order valence-electron chi connectivity index (χ3n) is 3.79. The van der Waals surface area contributed by atoms with Crippen molar-refractivity contribution in [2.24, 2.45) is 0 Å². The fourth-order valence-corrected chi connectivity index (χ4v) is 2.65. The number of aryl methyl sites for hydroxylation is 1. The van der Waals surface area contributed by atoms with Crippen LogP contribution in [0.25, 0.3) is 0 Å². The number of carboxylic acids is 1. The van der Waals surface area contributed by atoms with E-state index in [9.17, 15) is 9.59 Å². The fraction of sp³-hybridized carbons (Fsp3) is 0.250. The Bertz CT molecular complexity index is 763. The summed E-state index contributed by atoms with van der Waals surface area (Å²) >= 11 is 0. The molecule has 0 saturated heterocycles. The zero-order valence-corrected chi connectivity index (χ0v) is 11.6. The van der Waals surface area contributed by atoms with Gasteiger partial charge in [-0.2, -0.15) is 0 Å². The maximum absolute atomic E-state index is 11.7. The Kier molecular flexibility index (Phi) is 3.25. The molecular formula is C16H15NO4. The number of rotatable bonds is 3. The van der Waals surface area contributed by atoms with E-state index < -0.39 is 11.4 Å². The van der Waals surface area contributed by atoms with Crippen molar-refractivity contribution in [3.8, 4) is 5.75 Å². The molecule has 1 aliphatic rings. The van der Waals surface area contributed by atoms with Gasteiger partial charge in [0.25, 0.3) is 0 Å². The SMILES string of the molecule is Cc1cc(=O)c(C(=O)O)cn1CC1COc2ccccc21. The van der Waals surface area contributed by atoms with Gasteiger partial charge >= 0.3 is 5.97 Å². The highest BCUT2D eigenvalue weighted by Gasteiger charge is 2.24.